The predicted molar refractivity (Wildman–Crippen MR) is 98.6 cm³/mol. The van der Waals surface area contributed by atoms with Crippen LogP contribution in [-0.2, 0) is 6.54 Å². The van der Waals surface area contributed by atoms with Gasteiger partial charge in [0, 0.05) is 37.7 Å². The zero-order valence-electron chi connectivity index (χ0n) is 12.8. The lowest BCUT2D eigenvalue weighted by atomic mass is 10.2. The summed E-state index contributed by atoms with van der Waals surface area (Å²) in [5.41, 5.74) is 2.31. The van der Waals surface area contributed by atoms with Gasteiger partial charge in [0.2, 0.25) is 0 Å². The Hall–Kier alpha value is -1.62. The van der Waals surface area contributed by atoms with E-state index < -0.39 is 0 Å². The molecule has 4 rings (SSSR count). The number of hydrogen-bond acceptors (Lipinski definition) is 4. The highest BCUT2D eigenvalue weighted by Gasteiger charge is 2.20. The molecule has 0 unspecified atom stereocenters. The number of nitrogens with zero attached hydrogens (tertiary/aromatic N) is 3. The number of piperazine rings is 1. The van der Waals surface area contributed by atoms with Gasteiger partial charge in [-0.2, -0.15) is 0 Å². The third-order valence-corrected chi connectivity index (χ3v) is 5.74. The summed E-state index contributed by atoms with van der Waals surface area (Å²) >= 11 is 8.05. The van der Waals surface area contributed by atoms with E-state index in [9.17, 15) is 0 Å². The normalized spacial score (nSPS) is 16.1. The molecule has 1 aromatic heterocycles. The molecule has 1 aliphatic heterocycles. The second kappa shape index (κ2) is 6.48. The largest absolute Gasteiger partial charge is 0.345 e. The fourth-order valence-electron chi connectivity index (χ4n) is 2.96. The van der Waals surface area contributed by atoms with Crippen molar-refractivity contribution in [3.63, 3.8) is 0 Å². The van der Waals surface area contributed by atoms with Gasteiger partial charge in [-0.05, 0) is 23.8 Å². The van der Waals surface area contributed by atoms with Crippen LogP contribution in [0.2, 0.25) is 5.02 Å². The number of aromatic nitrogens is 1. The van der Waals surface area contributed by atoms with Crippen LogP contribution >= 0.6 is 22.9 Å². The molecule has 0 N–H and O–H groups in total. The Balaban J connectivity index is 1.41. The molecule has 1 aliphatic rings. The molecule has 1 fully saturated rings. The van der Waals surface area contributed by atoms with Crippen molar-refractivity contribution in [2.75, 3.05) is 31.1 Å². The molecular formula is C18H18ClN3S. The van der Waals surface area contributed by atoms with Crippen LogP contribution in [0.3, 0.4) is 0 Å². The molecule has 118 valence electrons. The summed E-state index contributed by atoms with van der Waals surface area (Å²) in [5, 5.41) is 2.00. The maximum Gasteiger partial charge on any atom is 0.186 e. The minimum Gasteiger partial charge on any atom is -0.345 e. The van der Waals surface area contributed by atoms with Gasteiger partial charge < -0.3 is 4.90 Å². The Labute approximate surface area is 145 Å². The van der Waals surface area contributed by atoms with Crippen LogP contribution in [0.5, 0.6) is 0 Å². The Kier molecular flexibility index (Phi) is 4.21. The zero-order valence-corrected chi connectivity index (χ0v) is 14.4. The number of fused-ring (bicyclic) bond motifs is 1. The van der Waals surface area contributed by atoms with Gasteiger partial charge in [0.25, 0.3) is 0 Å². The van der Waals surface area contributed by atoms with Gasteiger partial charge in [-0.3, -0.25) is 4.90 Å². The molecule has 2 aromatic carbocycles. The third-order valence-electron chi connectivity index (χ3n) is 4.28. The molecule has 0 aliphatic carbocycles. The summed E-state index contributed by atoms with van der Waals surface area (Å²) < 4.78 is 1.26. The fourth-order valence-corrected chi connectivity index (χ4v) is 4.17. The molecule has 0 bridgehead atoms. The molecule has 3 nitrogen and oxygen atoms in total. The van der Waals surface area contributed by atoms with E-state index in [4.69, 9.17) is 16.6 Å². The van der Waals surface area contributed by atoms with Crippen molar-refractivity contribution in [1.29, 1.82) is 0 Å². The number of thiazole rings is 1. The standard InChI is InChI=1S/C18H18ClN3S/c19-15-6-2-1-5-14(15)13-21-9-11-22(12-10-21)18-20-16-7-3-4-8-17(16)23-18/h1-8H,9-13H2. The van der Waals surface area contributed by atoms with Gasteiger partial charge in [0.05, 0.1) is 10.2 Å². The molecule has 0 amide bonds. The van der Waals surface area contributed by atoms with Gasteiger partial charge >= 0.3 is 0 Å². The molecule has 0 atom stereocenters. The van der Waals surface area contributed by atoms with Crippen LogP contribution in [0.25, 0.3) is 10.2 Å². The molecule has 23 heavy (non-hydrogen) atoms. The average molecular weight is 344 g/mol. The van der Waals surface area contributed by atoms with Crippen LogP contribution in [0.4, 0.5) is 5.13 Å². The van der Waals surface area contributed by atoms with E-state index in [-0.39, 0.29) is 0 Å². The number of hydrogen-bond donors (Lipinski definition) is 0. The van der Waals surface area contributed by atoms with Crippen LogP contribution in [0, 0.1) is 0 Å². The van der Waals surface area contributed by atoms with Crippen molar-refractivity contribution in [2.24, 2.45) is 0 Å². The van der Waals surface area contributed by atoms with Crippen molar-refractivity contribution < 1.29 is 0 Å². The second-order valence-corrected chi connectivity index (χ2v) is 7.24. The van der Waals surface area contributed by atoms with E-state index in [2.05, 4.69) is 40.1 Å². The molecule has 5 heteroatoms. The average Bonchev–Trinajstić information content (AvgIpc) is 3.02. The fraction of sp³-hybridized carbons (Fsp3) is 0.278. The van der Waals surface area contributed by atoms with Crippen LogP contribution in [0.15, 0.2) is 48.5 Å². The maximum atomic E-state index is 6.27. The van der Waals surface area contributed by atoms with Crippen molar-refractivity contribution in [3.8, 4) is 0 Å². The van der Waals surface area contributed by atoms with E-state index in [0.717, 1.165) is 48.4 Å². The number of rotatable bonds is 3. The van der Waals surface area contributed by atoms with Gasteiger partial charge in [0.15, 0.2) is 5.13 Å². The van der Waals surface area contributed by atoms with Crippen molar-refractivity contribution in [1.82, 2.24) is 9.88 Å². The van der Waals surface area contributed by atoms with Crippen LogP contribution in [0.1, 0.15) is 5.56 Å². The summed E-state index contributed by atoms with van der Waals surface area (Å²) in [6, 6.07) is 16.5. The maximum absolute atomic E-state index is 6.27. The van der Waals surface area contributed by atoms with Gasteiger partial charge in [-0.25, -0.2) is 4.98 Å². The summed E-state index contributed by atoms with van der Waals surface area (Å²) in [5.74, 6) is 0. The monoisotopic (exact) mass is 343 g/mol. The molecule has 0 spiro atoms. The molecule has 0 saturated carbocycles. The van der Waals surface area contributed by atoms with Crippen molar-refractivity contribution in [3.05, 3.63) is 59.1 Å². The number of benzene rings is 2. The summed E-state index contributed by atoms with van der Waals surface area (Å²) in [4.78, 5) is 9.62. The van der Waals surface area contributed by atoms with Gasteiger partial charge in [0.1, 0.15) is 0 Å². The first kappa shape index (κ1) is 14.9. The Morgan fingerprint density at radius 2 is 1.70 bits per heavy atom. The van der Waals surface area contributed by atoms with Gasteiger partial charge in [-0.1, -0.05) is 53.3 Å². The highest BCUT2D eigenvalue weighted by molar-refractivity contribution is 7.22. The Morgan fingerprint density at radius 1 is 0.957 bits per heavy atom. The SMILES string of the molecule is Clc1ccccc1CN1CCN(c2nc3ccccc3s2)CC1. The number of halogens is 1. The van der Waals surface area contributed by atoms with E-state index >= 15 is 0 Å². The Morgan fingerprint density at radius 3 is 2.48 bits per heavy atom. The number of anilines is 1. The first-order valence-corrected chi connectivity index (χ1v) is 9.05. The van der Waals surface area contributed by atoms with E-state index in [1.54, 1.807) is 11.3 Å². The first-order valence-electron chi connectivity index (χ1n) is 7.86. The highest BCUT2D eigenvalue weighted by Crippen LogP contribution is 2.29. The van der Waals surface area contributed by atoms with Crippen LogP contribution in [-0.4, -0.2) is 36.1 Å². The predicted octanol–water partition coefficient (Wildman–Crippen LogP) is 4.27. The highest BCUT2D eigenvalue weighted by atomic mass is 35.5. The second-order valence-electron chi connectivity index (χ2n) is 5.82. The molecule has 0 radical (unpaired) electrons. The first-order chi connectivity index (χ1) is 11.3. The summed E-state index contributed by atoms with van der Waals surface area (Å²) in [6.45, 7) is 5.05. The van der Waals surface area contributed by atoms with Crippen molar-refractivity contribution >= 4 is 38.3 Å². The number of para-hydroxylation sites is 1. The zero-order chi connectivity index (χ0) is 15.6. The lowest BCUT2D eigenvalue weighted by Gasteiger charge is -2.34. The molecule has 2 heterocycles. The van der Waals surface area contributed by atoms with Crippen molar-refractivity contribution in [2.45, 2.75) is 6.54 Å². The summed E-state index contributed by atoms with van der Waals surface area (Å²) in [6.07, 6.45) is 0. The molecule has 1 saturated heterocycles. The minimum atomic E-state index is 0.862. The minimum absolute atomic E-state index is 0.862. The third kappa shape index (κ3) is 3.20. The smallest absolute Gasteiger partial charge is 0.186 e. The summed E-state index contributed by atoms with van der Waals surface area (Å²) in [7, 11) is 0. The van der Waals surface area contributed by atoms with E-state index in [0.29, 0.717) is 0 Å². The van der Waals surface area contributed by atoms with Gasteiger partial charge in [-0.15, -0.1) is 0 Å². The topological polar surface area (TPSA) is 19.4 Å². The van der Waals surface area contributed by atoms with E-state index in [1.165, 1.54) is 10.3 Å². The molecular weight excluding hydrogens is 326 g/mol. The lowest BCUT2D eigenvalue weighted by Crippen LogP contribution is -2.45. The molecule has 3 aromatic rings. The van der Waals surface area contributed by atoms with Crippen LogP contribution < -0.4 is 4.90 Å². The Bertz CT molecular complexity index is 776. The quantitative estimate of drug-likeness (QED) is 0.708. The van der Waals surface area contributed by atoms with E-state index in [1.807, 2.05) is 18.2 Å². The lowest BCUT2D eigenvalue weighted by molar-refractivity contribution is 0.250.